The molecule has 0 unspecified atom stereocenters. The summed E-state index contributed by atoms with van der Waals surface area (Å²) >= 11 is 0. The Morgan fingerprint density at radius 1 is 1.44 bits per heavy atom. The highest BCUT2D eigenvalue weighted by Crippen LogP contribution is 2.23. The number of ether oxygens (including phenoxy) is 3. The van der Waals surface area contributed by atoms with E-state index < -0.39 is 17.9 Å². The van der Waals surface area contributed by atoms with Gasteiger partial charge in [-0.3, -0.25) is 9.59 Å². The standard InChI is InChI=1S/C11H16O5/c1-14-10(12)7-9(11(13)15-2)8-3-5-16-6-4-8/h3,9H,4-7H2,1-2H3/t9-/m0/s1. The van der Waals surface area contributed by atoms with Gasteiger partial charge in [0.2, 0.25) is 0 Å². The molecule has 0 fully saturated rings. The molecule has 1 atom stereocenters. The summed E-state index contributed by atoms with van der Waals surface area (Å²) in [6.45, 7) is 1.05. The third-order valence-electron chi connectivity index (χ3n) is 2.53. The first kappa shape index (κ1) is 12.7. The number of hydrogen-bond acceptors (Lipinski definition) is 5. The van der Waals surface area contributed by atoms with Gasteiger partial charge in [0.1, 0.15) is 0 Å². The summed E-state index contributed by atoms with van der Waals surface area (Å²) in [5.74, 6) is -1.36. The van der Waals surface area contributed by atoms with Gasteiger partial charge in [-0.1, -0.05) is 11.6 Å². The van der Waals surface area contributed by atoms with E-state index in [1.54, 1.807) is 0 Å². The second kappa shape index (κ2) is 6.27. The highest BCUT2D eigenvalue weighted by atomic mass is 16.5. The van der Waals surface area contributed by atoms with Crippen LogP contribution in [0.15, 0.2) is 11.6 Å². The molecular formula is C11H16O5. The number of hydrogen-bond donors (Lipinski definition) is 0. The molecule has 0 aromatic rings. The predicted molar refractivity (Wildman–Crippen MR) is 55.7 cm³/mol. The van der Waals surface area contributed by atoms with Crippen LogP contribution in [0.5, 0.6) is 0 Å². The maximum atomic E-state index is 11.6. The van der Waals surface area contributed by atoms with Gasteiger partial charge in [0.25, 0.3) is 0 Å². The molecule has 0 bridgehead atoms. The molecule has 0 aromatic heterocycles. The van der Waals surface area contributed by atoms with Crippen LogP contribution in [0.3, 0.4) is 0 Å². The second-order valence-electron chi connectivity index (χ2n) is 3.46. The average Bonchev–Trinajstić information content (AvgIpc) is 2.35. The van der Waals surface area contributed by atoms with E-state index in [0.717, 1.165) is 5.57 Å². The summed E-state index contributed by atoms with van der Waals surface area (Å²) in [7, 11) is 2.61. The third-order valence-corrected chi connectivity index (χ3v) is 2.53. The van der Waals surface area contributed by atoms with Crippen LogP contribution < -0.4 is 0 Å². The molecule has 0 saturated heterocycles. The normalized spacial score (nSPS) is 17.2. The van der Waals surface area contributed by atoms with E-state index in [1.165, 1.54) is 14.2 Å². The fraction of sp³-hybridized carbons (Fsp3) is 0.636. The third kappa shape index (κ3) is 3.34. The van der Waals surface area contributed by atoms with Gasteiger partial charge in [0.15, 0.2) is 0 Å². The van der Waals surface area contributed by atoms with Gasteiger partial charge in [-0.2, -0.15) is 0 Å². The van der Waals surface area contributed by atoms with Crippen LogP contribution in [-0.4, -0.2) is 39.4 Å². The van der Waals surface area contributed by atoms with Crippen molar-refractivity contribution in [2.75, 3.05) is 27.4 Å². The summed E-state index contributed by atoms with van der Waals surface area (Å²) in [5.41, 5.74) is 0.892. The van der Waals surface area contributed by atoms with E-state index in [1.807, 2.05) is 6.08 Å². The largest absolute Gasteiger partial charge is 0.469 e. The van der Waals surface area contributed by atoms with Crippen molar-refractivity contribution in [2.24, 2.45) is 5.92 Å². The maximum Gasteiger partial charge on any atom is 0.313 e. The second-order valence-corrected chi connectivity index (χ2v) is 3.46. The van der Waals surface area contributed by atoms with Crippen LogP contribution in [0.2, 0.25) is 0 Å². The lowest BCUT2D eigenvalue weighted by Crippen LogP contribution is -2.25. The molecule has 5 nitrogen and oxygen atoms in total. The minimum atomic E-state index is -0.540. The number of carbonyl (C=O) groups excluding carboxylic acids is 2. The molecule has 0 radical (unpaired) electrons. The Balaban J connectivity index is 2.73. The van der Waals surface area contributed by atoms with E-state index >= 15 is 0 Å². The molecule has 1 heterocycles. The number of methoxy groups -OCH3 is 2. The highest BCUT2D eigenvalue weighted by molar-refractivity contribution is 5.82. The minimum absolute atomic E-state index is 0.0228. The molecule has 0 aromatic carbocycles. The van der Waals surface area contributed by atoms with Crippen LogP contribution in [0.4, 0.5) is 0 Å². The van der Waals surface area contributed by atoms with Crippen LogP contribution in [-0.2, 0) is 23.8 Å². The molecule has 1 aliphatic heterocycles. The first-order valence-corrected chi connectivity index (χ1v) is 5.10. The van der Waals surface area contributed by atoms with Gasteiger partial charge in [-0.05, 0) is 6.42 Å². The van der Waals surface area contributed by atoms with E-state index in [-0.39, 0.29) is 6.42 Å². The van der Waals surface area contributed by atoms with Gasteiger partial charge in [-0.15, -0.1) is 0 Å². The van der Waals surface area contributed by atoms with E-state index in [4.69, 9.17) is 4.74 Å². The Bertz CT molecular complexity index is 295. The van der Waals surface area contributed by atoms with Crippen LogP contribution in [0, 0.1) is 5.92 Å². The number of carbonyl (C=O) groups is 2. The fourth-order valence-corrected chi connectivity index (χ4v) is 1.62. The Labute approximate surface area is 94.4 Å². The SMILES string of the molecule is COC(=O)C[C@H](C(=O)OC)C1=CCOCC1. The monoisotopic (exact) mass is 228 g/mol. The molecule has 5 heteroatoms. The number of rotatable bonds is 4. The lowest BCUT2D eigenvalue weighted by Gasteiger charge is -2.20. The lowest BCUT2D eigenvalue weighted by molar-refractivity contribution is -0.150. The van der Waals surface area contributed by atoms with Crippen LogP contribution in [0.25, 0.3) is 0 Å². The smallest absolute Gasteiger partial charge is 0.313 e. The first-order chi connectivity index (χ1) is 7.69. The Hall–Kier alpha value is -1.36. The molecule has 0 spiro atoms. The summed E-state index contributed by atoms with van der Waals surface area (Å²) in [5, 5.41) is 0. The zero-order chi connectivity index (χ0) is 12.0. The maximum absolute atomic E-state index is 11.6. The molecule has 0 saturated carbocycles. The van der Waals surface area contributed by atoms with Crippen molar-refractivity contribution in [3.63, 3.8) is 0 Å². The molecule has 0 N–H and O–H groups in total. The molecule has 1 rings (SSSR count). The van der Waals surface area contributed by atoms with Gasteiger partial charge in [0, 0.05) is 0 Å². The van der Waals surface area contributed by atoms with Crippen molar-refractivity contribution >= 4 is 11.9 Å². The molecule has 1 aliphatic rings. The van der Waals surface area contributed by atoms with Gasteiger partial charge in [0.05, 0.1) is 39.8 Å². The molecule has 0 amide bonds. The van der Waals surface area contributed by atoms with Crippen molar-refractivity contribution in [1.29, 1.82) is 0 Å². The first-order valence-electron chi connectivity index (χ1n) is 5.10. The average molecular weight is 228 g/mol. The van der Waals surface area contributed by atoms with Crippen LogP contribution >= 0.6 is 0 Å². The molecule has 16 heavy (non-hydrogen) atoms. The van der Waals surface area contributed by atoms with Crippen molar-refractivity contribution in [1.82, 2.24) is 0 Å². The summed E-state index contributed by atoms with van der Waals surface area (Å²) < 4.78 is 14.4. The Morgan fingerprint density at radius 2 is 2.19 bits per heavy atom. The predicted octanol–water partition coefficient (Wildman–Crippen LogP) is 0.685. The molecular weight excluding hydrogens is 212 g/mol. The van der Waals surface area contributed by atoms with E-state index in [0.29, 0.717) is 19.6 Å². The van der Waals surface area contributed by atoms with Gasteiger partial charge >= 0.3 is 11.9 Å². The van der Waals surface area contributed by atoms with Crippen LogP contribution in [0.1, 0.15) is 12.8 Å². The lowest BCUT2D eigenvalue weighted by atomic mass is 9.92. The van der Waals surface area contributed by atoms with E-state index in [9.17, 15) is 9.59 Å². The highest BCUT2D eigenvalue weighted by Gasteiger charge is 2.27. The summed E-state index contributed by atoms with van der Waals surface area (Å²) in [4.78, 5) is 22.7. The van der Waals surface area contributed by atoms with Crippen molar-refractivity contribution in [3.8, 4) is 0 Å². The topological polar surface area (TPSA) is 61.8 Å². The molecule has 90 valence electrons. The molecule has 0 aliphatic carbocycles. The zero-order valence-corrected chi connectivity index (χ0v) is 9.52. The van der Waals surface area contributed by atoms with Gasteiger partial charge < -0.3 is 14.2 Å². The zero-order valence-electron chi connectivity index (χ0n) is 9.52. The number of esters is 2. The van der Waals surface area contributed by atoms with Gasteiger partial charge in [-0.25, -0.2) is 0 Å². The summed E-state index contributed by atoms with van der Waals surface area (Å²) in [6, 6.07) is 0. The van der Waals surface area contributed by atoms with Crippen molar-refractivity contribution in [3.05, 3.63) is 11.6 Å². The quantitative estimate of drug-likeness (QED) is 0.523. The minimum Gasteiger partial charge on any atom is -0.469 e. The van der Waals surface area contributed by atoms with Crippen molar-refractivity contribution < 1.29 is 23.8 Å². The van der Waals surface area contributed by atoms with E-state index in [2.05, 4.69) is 9.47 Å². The van der Waals surface area contributed by atoms with Crippen molar-refractivity contribution in [2.45, 2.75) is 12.8 Å². The summed E-state index contributed by atoms with van der Waals surface area (Å²) in [6.07, 6.45) is 2.50. The Morgan fingerprint density at radius 3 is 2.69 bits per heavy atom. The Kier molecular flexibility index (Phi) is 4.98. The fourth-order valence-electron chi connectivity index (χ4n) is 1.62.